The van der Waals surface area contributed by atoms with E-state index >= 15 is 0 Å². The Labute approximate surface area is 68.8 Å². The number of rotatable bonds is 1. The van der Waals surface area contributed by atoms with E-state index < -0.39 is 14.3 Å². The van der Waals surface area contributed by atoms with Gasteiger partial charge in [-0.3, -0.25) is 0 Å². The molecular formula is C9H17Ge. The monoisotopic (exact) mass is 199 g/mol. The van der Waals surface area contributed by atoms with Gasteiger partial charge in [0.2, 0.25) is 0 Å². The molecular weight excluding hydrogens is 181 g/mol. The molecule has 2 atom stereocenters. The van der Waals surface area contributed by atoms with Crippen molar-refractivity contribution in [3.63, 3.8) is 0 Å². The molecule has 1 heteroatoms. The van der Waals surface area contributed by atoms with Gasteiger partial charge in [-0.25, -0.2) is 0 Å². The average molecular weight is 198 g/mol. The van der Waals surface area contributed by atoms with Crippen LogP contribution < -0.4 is 0 Å². The standard InChI is InChI=1S/C9H17Ge/c1-8-5-4-6-9(7-8)10(2)3/h4,6,8-9H,5,7H2,1-3H3/t8-,9-/m1/s1. The van der Waals surface area contributed by atoms with Gasteiger partial charge >= 0.3 is 68.4 Å². The molecule has 0 bridgehead atoms. The van der Waals surface area contributed by atoms with Crippen molar-refractivity contribution >= 4 is 14.3 Å². The molecule has 0 spiro atoms. The van der Waals surface area contributed by atoms with Gasteiger partial charge in [-0.1, -0.05) is 0 Å². The van der Waals surface area contributed by atoms with E-state index in [1.807, 2.05) is 0 Å². The Morgan fingerprint density at radius 3 is 2.50 bits per heavy atom. The Kier molecular flexibility index (Phi) is 3.02. The maximum absolute atomic E-state index is 2.48. The van der Waals surface area contributed by atoms with E-state index in [9.17, 15) is 0 Å². The zero-order chi connectivity index (χ0) is 7.56. The maximum atomic E-state index is 2.48. The van der Waals surface area contributed by atoms with Crippen LogP contribution in [-0.4, -0.2) is 14.3 Å². The zero-order valence-corrected chi connectivity index (χ0v) is 9.32. The van der Waals surface area contributed by atoms with Crippen LogP contribution in [0.15, 0.2) is 12.2 Å². The van der Waals surface area contributed by atoms with Crippen molar-refractivity contribution in [3.8, 4) is 0 Å². The summed E-state index contributed by atoms with van der Waals surface area (Å²) in [5, 5.41) is 0. The molecule has 0 nitrogen and oxygen atoms in total. The summed E-state index contributed by atoms with van der Waals surface area (Å²) < 4.78 is 1.02. The van der Waals surface area contributed by atoms with Gasteiger partial charge in [0, 0.05) is 0 Å². The first-order chi connectivity index (χ1) is 4.70. The quantitative estimate of drug-likeness (QED) is 0.448. The molecule has 10 heavy (non-hydrogen) atoms. The molecule has 0 aromatic rings. The molecule has 0 N–H and O–H groups in total. The molecule has 57 valence electrons. The van der Waals surface area contributed by atoms with Gasteiger partial charge in [-0.05, 0) is 0 Å². The summed E-state index contributed by atoms with van der Waals surface area (Å²) in [6.45, 7) is 2.37. The minimum absolute atomic E-state index is 0.619. The van der Waals surface area contributed by atoms with Crippen LogP contribution in [0.4, 0.5) is 0 Å². The fourth-order valence-electron chi connectivity index (χ4n) is 1.51. The van der Waals surface area contributed by atoms with Gasteiger partial charge in [0.15, 0.2) is 0 Å². The Bertz CT molecular complexity index is 127. The second-order valence-corrected chi connectivity index (χ2v) is 9.77. The van der Waals surface area contributed by atoms with E-state index in [-0.39, 0.29) is 0 Å². The Morgan fingerprint density at radius 1 is 1.40 bits per heavy atom. The third kappa shape index (κ3) is 2.15. The zero-order valence-electron chi connectivity index (χ0n) is 7.22. The first-order valence-corrected chi connectivity index (χ1v) is 9.57. The van der Waals surface area contributed by atoms with E-state index in [4.69, 9.17) is 0 Å². The molecule has 0 amide bonds. The predicted octanol–water partition coefficient (Wildman–Crippen LogP) is 3.10. The fraction of sp³-hybridized carbons (Fsp3) is 0.778. The first-order valence-electron chi connectivity index (χ1n) is 4.17. The second-order valence-electron chi connectivity index (χ2n) is 3.69. The first kappa shape index (κ1) is 8.38. The van der Waals surface area contributed by atoms with E-state index in [0.29, 0.717) is 0 Å². The molecule has 0 saturated heterocycles. The van der Waals surface area contributed by atoms with Crippen molar-refractivity contribution in [1.29, 1.82) is 0 Å². The van der Waals surface area contributed by atoms with Gasteiger partial charge in [-0.2, -0.15) is 0 Å². The Balaban J connectivity index is 2.47. The summed E-state index contributed by atoms with van der Waals surface area (Å²) in [4.78, 5) is 0. The van der Waals surface area contributed by atoms with E-state index in [0.717, 1.165) is 10.7 Å². The summed E-state index contributed by atoms with van der Waals surface area (Å²) in [7, 11) is 0. The predicted molar refractivity (Wildman–Crippen MR) is 48.8 cm³/mol. The molecule has 0 aromatic carbocycles. The molecule has 0 fully saturated rings. The van der Waals surface area contributed by atoms with Crippen LogP contribution in [0.25, 0.3) is 0 Å². The molecule has 1 aliphatic carbocycles. The van der Waals surface area contributed by atoms with Crippen molar-refractivity contribution in [2.45, 2.75) is 36.0 Å². The summed E-state index contributed by atoms with van der Waals surface area (Å²) in [5.41, 5.74) is 0. The number of allylic oxidation sites excluding steroid dienone is 2. The molecule has 1 radical (unpaired) electrons. The van der Waals surface area contributed by atoms with Crippen LogP contribution >= 0.6 is 0 Å². The minimum atomic E-state index is -0.619. The average Bonchev–Trinajstić information content (AvgIpc) is 1.88. The Hall–Kier alpha value is 0.283. The summed E-state index contributed by atoms with van der Waals surface area (Å²) in [6.07, 6.45) is 7.65. The van der Waals surface area contributed by atoms with Crippen LogP contribution in [0.3, 0.4) is 0 Å². The molecule has 0 unspecified atom stereocenters. The van der Waals surface area contributed by atoms with E-state index in [1.54, 1.807) is 0 Å². The number of hydrogen-bond acceptors (Lipinski definition) is 0. The van der Waals surface area contributed by atoms with Gasteiger partial charge in [0.1, 0.15) is 0 Å². The van der Waals surface area contributed by atoms with E-state index in [1.165, 1.54) is 12.8 Å². The van der Waals surface area contributed by atoms with Gasteiger partial charge < -0.3 is 0 Å². The van der Waals surface area contributed by atoms with Crippen LogP contribution in [0, 0.1) is 5.92 Å². The van der Waals surface area contributed by atoms with Crippen molar-refractivity contribution < 1.29 is 0 Å². The van der Waals surface area contributed by atoms with Crippen molar-refractivity contribution in [3.05, 3.63) is 12.2 Å². The molecule has 1 aliphatic rings. The molecule has 1 rings (SSSR count). The second kappa shape index (κ2) is 3.61. The van der Waals surface area contributed by atoms with Crippen molar-refractivity contribution in [2.75, 3.05) is 0 Å². The van der Waals surface area contributed by atoms with Crippen LogP contribution in [0.2, 0.25) is 16.3 Å². The fourth-order valence-corrected chi connectivity index (χ4v) is 4.44. The normalized spacial score (nSPS) is 33.2. The molecule has 0 aromatic heterocycles. The van der Waals surface area contributed by atoms with Crippen molar-refractivity contribution in [2.24, 2.45) is 5.92 Å². The topological polar surface area (TPSA) is 0 Å². The number of hydrogen-bond donors (Lipinski definition) is 0. The summed E-state index contributed by atoms with van der Waals surface area (Å²) in [5.74, 6) is 5.91. The van der Waals surface area contributed by atoms with Crippen LogP contribution in [0.5, 0.6) is 0 Å². The SMILES string of the molecule is C[C@@H]1CC=C[C@@H]([Ge]([CH3])[CH3])C1. The summed E-state index contributed by atoms with van der Waals surface area (Å²) in [6, 6.07) is 0. The third-order valence-electron chi connectivity index (χ3n) is 2.30. The molecule has 0 saturated carbocycles. The van der Waals surface area contributed by atoms with Crippen LogP contribution in [0.1, 0.15) is 19.8 Å². The van der Waals surface area contributed by atoms with Gasteiger partial charge in [-0.15, -0.1) is 0 Å². The van der Waals surface area contributed by atoms with Crippen molar-refractivity contribution in [1.82, 2.24) is 0 Å². The molecule has 0 heterocycles. The Morgan fingerprint density at radius 2 is 2.10 bits per heavy atom. The third-order valence-corrected chi connectivity index (χ3v) is 6.31. The summed E-state index contributed by atoms with van der Waals surface area (Å²) >= 11 is -0.619. The van der Waals surface area contributed by atoms with Gasteiger partial charge in [0.05, 0.1) is 0 Å². The van der Waals surface area contributed by atoms with E-state index in [2.05, 4.69) is 30.6 Å². The van der Waals surface area contributed by atoms with Gasteiger partial charge in [0.25, 0.3) is 0 Å². The molecule has 0 aliphatic heterocycles. The van der Waals surface area contributed by atoms with Crippen LogP contribution in [-0.2, 0) is 0 Å².